The van der Waals surface area contributed by atoms with Crippen LogP contribution in [0.5, 0.6) is 0 Å². The van der Waals surface area contributed by atoms with Gasteiger partial charge in [-0.25, -0.2) is 0 Å². The summed E-state index contributed by atoms with van der Waals surface area (Å²) in [5.41, 5.74) is 1.68. The molecule has 0 saturated carbocycles. The maximum atomic E-state index is 6.32. The topological polar surface area (TPSA) is 68.0 Å². The summed E-state index contributed by atoms with van der Waals surface area (Å²) in [6.45, 7) is 0.576. The van der Waals surface area contributed by atoms with E-state index in [2.05, 4.69) is 25.9 Å². The van der Waals surface area contributed by atoms with Crippen molar-refractivity contribution in [1.82, 2.24) is 25.3 Å². The van der Waals surface area contributed by atoms with E-state index in [1.807, 2.05) is 36.4 Å². The highest BCUT2D eigenvalue weighted by atomic mass is 35.5. The van der Waals surface area contributed by atoms with Crippen LogP contribution in [0.4, 0.5) is 5.82 Å². The van der Waals surface area contributed by atoms with Crippen LogP contribution in [0.3, 0.4) is 0 Å². The van der Waals surface area contributed by atoms with Crippen molar-refractivity contribution in [3.05, 3.63) is 48.0 Å². The van der Waals surface area contributed by atoms with Gasteiger partial charge in [0.25, 0.3) is 0 Å². The standard InChI is InChI=1S/C12H11ClN6/c13-10(9-4-2-1-3-5-9)8-14-11-6-7-12-15-17-18-19(12)16-11/h1-7,10H,8H2,(H,14,16). The minimum absolute atomic E-state index is 0.118. The van der Waals surface area contributed by atoms with Crippen molar-refractivity contribution in [1.29, 1.82) is 0 Å². The summed E-state index contributed by atoms with van der Waals surface area (Å²) in [7, 11) is 0. The Bertz CT molecular complexity index is 668. The van der Waals surface area contributed by atoms with Crippen LogP contribution >= 0.6 is 11.6 Å². The van der Waals surface area contributed by atoms with Crippen LogP contribution in [0.15, 0.2) is 42.5 Å². The van der Waals surface area contributed by atoms with Gasteiger partial charge in [-0.15, -0.1) is 26.4 Å². The number of aromatic nitrogens is 5. The van der Waals surface area contributed by atoms with Crippen LogP contribution < -0.4 is 5.32 Å². The Morgan fingerprint density at radius 3 is 2.84 bits per heavy atom. The highest BCUT2D eigenvalue weighted by Crippen LogP contribution is 2.20. The summed E-state index contributed by atoms with van der Waals surface area (Å²) in [6, 6.07) is 13.5. The SMILES string of the molecule is ClC(CNc1ccc2nnnn2n1)c1ccccc1. The normalized spacial score (nSPS) is 12.5. The maximum absolute atomic E-state index is 6.32. The van der Waals surface area contributed by atoms with Gasteiger partial charge in [-0.05, 0) is 28.1 Å². The first kappa shape index (κ1) is 11.9. The molecule has 7 heteroatoms. The number of alkyl halides is 1. The number of tetrazole rings is 1. The molecule has 3 rings (SSSR count). The van der Waals surface area contributed by atoms with E-state index in [4.69, 9.17) is 11.6 Å². The molecule has 0 saturated heterocycles. The summed E-state index contributed by atoms with van der Waals surface area (Å²) in [5, 5.41) is 18.3. The Hall–Kier alpha value is -2.21. The number of fused-ring (bicyclic) bond motifs is 1. The van der Waals surface area contributed by atoms with E-state index < -0.39 is 0 Å². The van der Waals surface area contributed by atoms with Gasteiger partial charge in [-0.3, -0.25) is 0 Å². The zero-order chi connectivity index (χ0) is 13.1. The Balaban J connectivity index is 1.68. The lowest BCUT2D eigenvalue weighted by Crippen LogP contribution is -2.10. The molecular formula is C12H11ClN6. The third-order valence-electron chi connectivity index (χ3n) is 2.69. The lowest BCUT2D eigenvalue weighted by atomic mass is 10.1. The number of rotatable bonds is 4. The van der Waals surface area contributed by atoms with Crippen molar-refractivity contribution < 1.29 is 0 Å². The minimum Gasteiger partial charge on any atom is -0.367 e. The largest absolute Gasteiger partial charge is 0.367 e. The highest BCUT2D eigenvalue weighted by molar-refractivity contribution is 6.21. The van der Waals surface area contributed by atoms with E-state index >= 15 is 0 Å². The molecule has 1 atom stereocenters. The fourth-order valence-electron chi connectivity index (χ4n) is 1.72. The van der Waals surface area contributed by atoms with Gasteiger partial charge in [0.1, 0.15) is 5.82 Å². The van der Waals surface area contributed by atoms with Gasteiger partial charge in [0, 0.05) is 6.54 Å². The molecule has 19 heavy (non-hydrogen) atoms. The monoisotopic (exact) mass is 274 g/mol. The number of nitrogens with one attached hydrogen (secondary N) is 1. The number of hydrogen-bond donors (Lipinski definition) is 1. The Labute approximate surface area is 114 Å². The van der Waals surface area contributed by atoms with Crippen LogP contribution in [0.2, 0.25) is 0 Å². The second kappa shape index (κ2) is 5.19. The molecule has 1 N–H and O–H groups in total. The van der Waals surface area contributed by atoms with Crippen molar-refractivity contribution >= 4 is 23.1 Å². The van der Waals surface area contributed by atoms with Crippen molar-refractivity contribution in [2.24, 2.45) is 0 Å². The van der Waals surface area contributed by atoms with Crippen molar-refractivity contribution in [3.8, 4) is 0 Å². The lowest BCUT2D eigenvalue weighted by Gasteiger charge is -2.11. The van der Waals surface area contributed by atoms with Gasteiger partial charge in [0.15, 0.2) is 5.65 Å². The zero-order valence-electron chi connectivity index (χ0n) is 9.94. The third-order valence-corrected chi connectivity index (χ3v) is 3.10. The second-order valence-corrected chi connectivity index (χ2v) is 4.53. The van der Waals surface area contributed by atoms with Crippen LogP contribution in [-0.4, -0.2) is 31.8 Å². The number of benzene rings is 1. The zero-order valence-corrected chi connectivity index (χ0v) is 10.7. The van der Waals surface area contributed by atoms with Gasteiger partial charge in [-0.1, -0.05) is 30.3 Å². The fraction of sp³-hybridized carbons (Fsp3) is 0.167. The summed E-state index contributed by atoms with van der Waals surface area (Å²) in [4.78, 5) is 0. The average molecular weight is 275 g/mol. The Morgan fingerprint density at radius 1 is 1.16 bits per heavy atom. The second-order valence-electron chi connectivity index (χ2n) is 4.00. The van der Waals surface area contributed by atoms with E-state index in [0.717, 1.165) is 5.56 Å². The molecule has 0 radical (unpaired) electrons. The fourth-order valence-corrected chi connectivity index (χ4v) is 1.94. The summed E-state index contributed by atoms with van der Waals surface area (Å²) in [6.07, 6.45) is 0. The molecule has 2 heterocycles. The molecule has 0 fully saturated rings. The van der Waals surface area contributed by atoms with Gasteiger partial charge in [-0.2, -0.15) is 0 Å². The molecule has 3 aromatic rings. The Kier molecular flexibility index (Phi) is 3.24. The van der Waals surface area contributed by atoms with E-state index in [0.29, 0.717) is 18.0 Å². The summed E-state index contributed by atoms with van der Waals surface area (Å²) >= 11 is 6.32. The summed E-state index contributed by atoms with van der Waals surface area (Å²) in [5.74, 6) is 0.682. The average Bonchev–Trinajstić information content (AvgIpc) is 2.93. The minimum atomic E-state index is -0.118. The van der Waals surface area contributed by atoms with E-state index in [9.17, 15) is 0 Å². The molecule has 0 aliphatic carbocycles. The van der Waals surface area contributed by atoms with Crippen LogP contribution in [-0.2, 0) is 0 Å². The first-order valence-corrected chi connectivity index (χ1v) is 6.25. The molecule has 1 unspecified atom stereocenters. The van der Waals surface area contributed by atoms with Gasteiger partial charge < -0.3 is 5.32 Å². The van der Waals surface area contributed by atoms with Crippen LogP contribution in [0.1, 0.15) is 10.9 Å². The number of nitrogens with zero attached hydrogens (tertiary/aromatic N) is 5. The lowest BCUT2D eigenvalue weighted by molar-refractivity contribution is 0.733. The van der Waals surface area contributed by atoms with Crippen LogP contribution in [0, 0.1) is 0 Å². The molecule has 2 aromatic heterocycles. The predicted octanol–water partition coefficient (Wildman–Crippen LogP) is 1.91. The quantitative estimate of drug-likeness (QED) is 0.736. The highest BCUT2D eigenvalue weighted by Gasteiger charge is 2.07. The first-order chi connectivity index (χ1) is 9.33. The third kappa shape index (κ3) is 2.63. The van der Waals surface area contributed by atoms with Crippen molar-refractivity contribution in [2.45, 2.75) is 5.38 Å². The first-order valence-electron chi connectivity index (χ1n) is 5.81. The Morgan fingerprint density at radius 2 is 2.00 bits per heavy atom. The van der Waals surface area contributed by atoms with Gasteiger partial charge in [0.05, 0.1) is 5.38 Å². The molecular weight excluding hydrogens is 264 g/mol. The molecule has 0 bridgehead atoms. The number of anilines is 1. The molecule has 0 amide bonds. The van der Waals surface area contributed by atoms with Gasteiger partial charge >= 0.3 is 0 Å². The van der Waals surface area contributed by atoms with E-state index in [1.165, 1.54) is 4.63 Å². The summed E-state index contributed by atoms with van der Waals surface area (Å²) < 4.78 is 1.37. The van der Waals surface area contributed by atoms with Crippen molar-refractivity contribution in [3.63, 3.8) is 0 Å². The van der Waals surface area contributed by atoms with Gasteiger partial charge in [0.2, 0.25) is 0 Å². The van der Waals surface area contributed by atoms with Crippen molar-refractivity contribution in [2.75, 3.05) is 11.9 Å². The number of halogens is 1. The van der Waals surface area contributed by atoms with E-state index in [1.54, 1.807) is 6.07 Å². The molecule has 0 aliphatic rings. The molecule has 96 valence electrons. The smallest absolute Gasteiger partial charge is 0.200 e. The maximum Gasteiger partial charge on any atom is 0.200 e. The van der Waals surface area contributed by atoms with E-state index in [-0.39, 0.29) is 5.38 Å². The number of hydrogen-bond acceptors (Lipinski definition) is 5. The van der Waals surface area contributed by atoms with Crippen LogP contribution in [0.25, 0.3) is 5.65 Å². The molecule has 0 aliphatic heterocycles. The molecule has 0 spiro atoms. The predicted molar refractivity (Wildman–Crippen MR) is 72.1 cm³/mol. The molecule has 1 aromatic carbocycles. The molecule has 6 nitrogen and oxygen atoms in total.